The van der Waals surface area contributed by atoms with E-state index in [0.29, 0.717) is 5.69 Å². The zero-order valence-electron chi connectivity index (χ0n) is 13.5. The SMILES string of the molecule is CC[C@H](C)Nc1nc(Nc2ccc(Br)cc2C)cc(C(F)(F)F)n1. The monoisotopic (exact) mass is 402 g/mol. The van der Waals surface area contributed by atoms with Crippen molar-refractivity contribution >= 4 is 33.4 Å². The number of rotatable bonds is 5. The van der Waals surface area contributed by atoms with Gasteiger partial charge in [0.2, 0.25) is 5.95 Å². The summed E-state index contributed by atoms with van der Waals surface area (Å²) in [6.07, 6.45) is -3.80. The Balaban J connectivity index is 2.38. The second-order valence-corrected chi connectivity index (χ2v) is 6.41. The van der Waals surface area contributed by atoms with E-state index in [1.165, 1.54) is 0 Å². The molecule has 0 amide bonds. The maximum Gasteiger partial charge on any atom is 0.433 e. The third-order valence-corrected chi connectivity index (χ3v) is 3.95. The van der Waals surface area contributed by atoms with Crippen LogP contribution in [0.5, 0.6) is 0 Å². The van der Waals surface area contributed by atoms with Crippen molar-refractivity contribution in [2.45, 2.75) is 39.4 Å². The van der Waals surface area contributed by atoms with Crippen LogP contribution in [0.15, 0.2) is 28.7 Å². The fraction of sp³-hybridized carbons (Fsp3) is 0.375. The van der Waals surface area contributed by atoms with Crippen LogP contribution < -0.4 is 10.6 Å². The first-order valence-corrected chi connectivity index (χ1v) is 8.24. The Morgan fingerprint density at radius 3 is 2.50 bits per heavy atom. The largest absolute Gasteiger partial charge is 0.433 e. The fourth-order valence-corrected chi connectivity index (χ4v) is 2.42. The average molecular weight is 403 g/mol. The summed E-state index contributed by atoms with van der Waals surface area (Å²) in [5.41, 5.74) is 0.577. The molecule has 1 aromatic heterocycles. The number of aryl methyl sites for hydroxylation is 1. The van der Waals surface area contributed by atoms with Crippen molar-refractivity contribution in [2.24, 2.45) is 0 Å². The number of benzene rings is 1. The Morgan fingerprint density at radius 2 is 1.92 bits per heavy atom. The number of nitrogens with zero attached hydrogens (tertiary/aromatic N) is 2. The molecule has 0 unspecified atom stereocenters. The smallest absolute Gasteiger partial charge is 0.352 e. The molecular formula is C16H18BrF3N4. The summed E-state index contributed by atoms with van der Waals surface area (Å²) in [5.74, 6) is 0.0463. The van der Waals surface area contributed by atoms with E-state index in [0.717, 1.165) is 22.5 Å². The van der Waals surface area contributed by atoms with Gasteiger partial charge >= 0.3 is 6.18 Å². The molecule has 2 N–H and O–H groups in total. The Hall–Kier alpha value is -1.83. The van der Waals surface area contributed by atoms with Crippen LogP contribution in [0.1, 0.15) is 31.5 Å². The third kappa shape index (κ3) is 4.83. The van der Waals surface area contributed by atoms with Crippen LogP contribution in [0, 0.1) is 6.92 Å². The molecule has 130 valence electrons. The number of hydrogen-bond donors (Lipinski definition) is 2. The summed E-state index contributed by atoms with van der Waals surface area (Å²) in [4.78, 5) is 7.72. The zero-order valence-corrected chi connectivity index (χ0v) is 15.1. The summed E-state index contributed by atoms with van der Waals surface area (Å²) in [7, 11) is 0. The van der Waals surface area contributed by atoms with Crippen LogP contribution in [0.25, 0.3) is 0 Å². The Kier molecular flexibility index (Phi) is 5.69. The van der Waals surface area contributed by atoms with Gasteiger partial charge in [0, 0.05) is 22.3 Å². The molecule has 2 rings (SSSR count). The minimum absolute atomic E-state index is 0.0317. The molecule has 0 fully saturated rings. The predicted molar refractivity (Wildman–Crippen MR) is 92.6 cm³/mol. The van der Waals surface area contributed by atoms with E-state index in [9.17, 15) is 13.2 Å². The summed E-state index contributed by atoms with van der Waals surface area (Å²) in [6.45, 7) is 5.64. The second-order valence-electron chi connectivity index (χ2n) is 5.50. The first-order chi connectivity index (χ1) is 11.2. The lowest BCUT2D eigenvalue weighted by atomic mass is 10.2. The highest BCUT2D eigenvalue weighted by Crippen LogP contribution is 2.31. The summed E-state index contributed by atoms with van der Waals surface area (Å²) in [6, 6.07) is 6.32. The lowest BCUT2D eigenvalue weighted by Crippen LogP contribution is -2.18. The average Bonchev–Trinajstić information content (AvgIpc) is 2.49. The van der Waals surface area contributed by atoms with Crippen LogP contribution in [-0.2, 0) is 6.18 Å². The molecule has 0 aliphatic carbocycles. The second kappa shape index (κ2) is 7.38. The molecule has 0 spiro atoms. The van der Waals surface area contributed by atoms with Gasteiger partial charge in [-0.2, -0.15) is 18.2 Å². The molecule has 2 aromatic rings. The molecule has 0 aliphatic rings. The maximum absolute atomic E-state index is 13.1. The molecule has 1 atom stereocenters. The molecule has 0 saturated carbocycles. The molecule has 0 saturated heterocycles. The standard InChI is InChI=1S/C16H18BrF3N4/c1-4-10(3)21-15-23-13(16(18,19)20)8-14(24-15)22-12-6-5-11(17)7-9(12)2/h5-8,10H,4H2,1-3H3,(H2,21,22,23,24)/t10-/m0/s1. The minimum atomic E-state index is -4.54. The number of hydrogen-bond acceptors (Lipinski definition) is 4. The van der Waals surface area contributed by atoms with Crippen molar-refractivity contribution in [3.8, 4) is 0 Å². The van der Waals surface area contributed by atoms with E-state index in [1.54, 1.807) is 12.1 Å². The Bertz CT molecular complexity index is 719. The van der Waals surface area contributed by atoms with Crippen molar-refractivity contribution in [3.05, 3.63) is 40.0 Å². The van der Waals surface area contributed by atoms with Gasteiger partial charge in [-0.05, 0) is 44.0 Å². The molecule has 4 nitrogen and oxygen atoms in total. The number of anilines is 3. The first kappa shape index (κ1) is 18.5. The quantitative estimate of drug-likeness (QED) is 0.690. The van der Waals surface area contributed by atoms with E-state index in [1.807, 2.05) is 26.8 Å². The zero-order chi connectivity index (χ0) is 17.9. The van der Waals surface area contributed by atoms with E-state index in [2.05, 4.69) is 36.5 Å². The fourth-order valence-electron chi connectivity index (χ4n) is 1.95. The molecule has 0 bridgehead atoms. The summed E-state index contributed by atoms with van der Waals surface area (Å²) in [5, 5.41) is 5.82. The molecule has 1 aromatic carbocycles. The van der Waals surface area contributed by atoms with Crippen molar-refractivity contribution in [1.29, 1.82) is 0 Å². The maximum atomic E-state index is 13.1. The Labute approximate surface area is 147 Å². The highest BCUT2D eigenvalue weighted by atomic mass is 79.9. The van der Waals surface area contributed by atoms with E-state index in [-0.39, 0.29) is 17.8 Å². The van der Waals surface area contributed by atoms with E-state index >= 15 is 0 Å². The minimum Gasteiger partial charge on any atom is -0.352 e. The van der Waals surface area contributed by atoms with Gasteiger partial charge in [-0.3, -0.25) is 0 Å². The van der Waals surface area contributed by atoms with Crippen molar-refractivity contribution < 1.29 is 13.2 Å². The summed E-state index contributed by atoms with van der Waals surface area (Å²) >= 11 is 3.35. The Morgan fingerprint density at radius 1 is 1.21 bits per heavy atom. The van der Waals surface area contributed by atoms with Crippen LogP contribution in [0.4, 0.5) is 30.6 Å². The van der Waals surface area contributed by atoms with Gasteiger partial charge in [-0.25, -0.2) is 4.98 Å². The van der Waals surface area contributed by atoms with Gasteiger partial charge in [0.25, 0.3) is 0 Å². The molecule has 24 heavy (non-hydrogen) atoms. The molecule has 0 radical (unpaired) electrons. The number of alkyl halides is 3. The lowest BCUT2D eigenvalue weighted by Gasteiger charge is -2.16. The summed E-state index contributed by atoms with van der Waals surface area (Å²) < 4.78 is 40.2. The lowest BCUT2D eigenvalue weighted by molar-refractivity contribution is -0.141. The molecular weight excluding hydrogens is 385 g/mol. The van der Waals surface area contributed by atoms with Crippen molar-refractivity contribution in [3.63, 3.8) is 0 Å². The van der Waals surface area contributed by atoms with Crippen molar-refractivity contribution in [2.75, 3.05) is 10.6 Å². The van der Waals surface area contributed by atoms with Gasteiger partial charge in [-0.1, -0.05) is 22.9 Å². The molecule has 0 aliphatic heterocycles. The van der Waals surface area contributed by atoms with E-state index in [4.69, 9.17) is 0 Å². The number of aromatic nitrogens is 2. The molecule has 8 heteroatoms. The van der Waals surface area contributed by atoms with Gasteiger partial charge in [0.05, 0.1) is 0 Å². The number of halogens is 4. The number of nitrogens with one attached hydrogen (secondary N) is 2. The van der Waals surface area contributed by atoms with Crippen LogP contribution in [0.2, 0.25) is 0 Å². The van der Waals surface area contributed by atoms with Crippen molar-refractivity contribution in [1.82, 2.24) is 9.97 Å². The predicted octanol–water partition coefficient (Wildman–Crippen LogP) is 5.52. The van der Waals surface area contributed by atoms with Crippen LogP contribution in [0.3, 0.4) is 0 Å². The van der Waals surface area contributed by atoms with Crippen LogP contribution in [-0.4, -0.2) is 16.0 Å². The topological polar surface area (TPSA) is 49.8 Å². The third-order valence-electron chi connectivity index (χ3n) is 3.46. The van der Waals surface area contributed by atoms with Gasteiger partial charge in [0.15, 0.2) is 5.69 Å². The van der Waals surface area contributed by atoms with Crippen LogP contribution >= 0.6 is 15.9 Å². The molecule has 1 heterocycles. The normalized spacial score (nSPS) is 12.8. The van der Waals surface area contributed by atoms with Gasteiger partial charge < -0.3 is 10.6 Å². The van der Waals surface area contributed by atoms with Gasteiger partial charge in [-0.15, -0.1) is 0 Å². The van der Waals surface area contributed by atoms with Gasteiger partial charge in [0.1, 0.15) is 5.82 Å². The first-order valence-electron chi connectivity index (χ1n) is 7.45. The highest BCUT2D eigenvalue weighted by Gasteiger charge is 2.34. The highest BCUT2D eigenvalue weighted by molar-refractivity contribution is 9.10. The van der Waals surface area contributed by atoms with E-state index < -0.39 is 11.9 Å².